The van der Waals surface area contributed by atoms with Crippen LogP contribution in [0.25, 0.3) is 5.52 Å². The number of carbonyl (C=O) groups is 1. The van der Waals surface area contributed by atoms with E-state index in [4.69, 9.17) is 5.11 Å². The molecule has 0 aliphatic rings. The quantitative estimate of drug-likeness (QED) is 0.859. The molecule has 2 heterocycles. The Labute approximate surface area is 93.5 Å². The molecule has 1 atom stereocenters. The molecule has 1 unspecified atom stereocenters. The van der Waals surface area contributed by atoms with E-state index in [1.54, 1.807) is 4.52 Å². The van der Waals surface area contributed by atoms with Gasteiger partial charge in [0.15, 0.2) is 0 Å². The molecule has 16 heavy (non-hydrogen) atoms. The van der Waals surface area contributed by atoms with Gasteiger partial charge in [0.05, 0.1) is 17.6 Å². The fraction of sp³-hybridized carbons (Fsp3) is 0.333. The number of pyridine rings is 1. The molecule has 0 saturated carbocycles. The van der Waals surface area contributed by atoms with E-state index in [9.17, 15) is 4.79 Å². The normalized spacial score (nSPS) is 12.9. The minimum atomic E-state index is -0.772. The molecule has 0 aliphatic heterocycles. The van der Waals surface area contributed by atoms with Gasteiger partial charge in [-0.3, -0.25) is 4.79 Å². The number of carboxylic acids is 1. The smallest absolute Gasteiger partial charge is 0.303 e. The van der Waals surface area contributed by atoms with E-state index >= 15 is 0 Å². The number of nitrogens with zero attached hydrogens (tertiary/aromatic N) is 2. The molecule has 0 bridgehead atoms. The average Bonchev–Trinajstić information content (AvgIpc) is 2.55. The van der Waals surface area contributed by atoms with Crippen molar-refractivity contribution < 1.29 is 9.90 Å². The van der Waals surface area contributed by atoms with Crippen molar-refractivity contribution in [1.29, 1.82) is 0 Å². The lowest BCUT2D eigenvalue weighted by molar-refractivity contribution is -0.137. The van der Waals surface area contributed by atoms with E-state index in [-0.39, 0.29) is 12.3 Å². The van der Waals surface area contributed by atoms with Crippen molar-refractivity contribution >= 4 is 11.5 Å². The molecule has 0 radical (unpaired) electrons. The van der Waals surface area contributed by atoms with E-state index in [0.717, 1.165) is 16.8 Å². The van der Waals surface area contributed by atoms with Crippen molar-refractivity contribution in [2.24, 2.45) is 0 Å². The van der Waals surface area contributed by atoms with E-state index < -0.39 is 5.97 Å². The summed E-state index contributed by atoms with van der Waals surface area (Å²) in [7, 11) is 0. The lowest BCUT2D eigenvalue weighted by atomic mass is 9.97. The Balaban J connectivity index is 2.47. The first kappa shape index (κ1) is 10.7. The average molecular weight is 218 g/mol. The molecule has 0 aromatic carbocycles. The lowest BCUT2D eigenvalue weighted by Crippen LogP contribution is -2.04. The molecule has 4 heteroatoms. The first-order chi connectivity index (χ1) is 7.58. The maximum atomic E-state index is 10.7. The van der Waals surface area contributed by atoms with Crippen LogP contribution in [0.3, 0.4) is 0 Å². The van der Waals surface area contributed by atoms with Crippen LogP contribution in [0, 0.1) is 6.92 Å². The Morgan fingerprint density at radius 2 is 2.38 bits per heavy atom. The largest absolute Gasteiger partial charge is 0.481 e. The van der Waals surface area contributed by atoms with E-state index in [2.05, 4.69) is 5.10 Å². The third-order valence-corrected chi connectivity index (χ3v) is 2.67. The van der Waals surface area contributed by atoms with Gasteiger partial charge in [-0.25, -0.2) is 4.52 Å². The molecule has 2 aromatic heterocycles. The number of carboxylic acid groups (broad SMARTS) is 1. The summed E-state index contributed by atoms with van der Waals surface area (Å²) >= 11 is 0. The maximum Gasteiger partial charge on any atom is 0.303 e. The second-order valence-electron chi connectivity index (χ2n) is 4.08. The van der Waals surface area contributed by atoms with Gasteiger partial charge in [0, 0.05) is 6.20 Å². The summed E-state index contributed by atoms with van der Waals surface area (Å²) in [6.07, 6.45) is 2.02. The van der Waals surface area contributed by atoms with Crippen LogP contribution in [-0.4, -0.2) is 20.7 Å². The molecule has 0 amide bonds. The highest BCUT2D eigenvalue weighted by Crippen LogP contribution is 2.24. The van der Waals surface area contributed by atoms with Gasteiger partial charge < -0.3 is 5.11 Å². The third kappa shape index (κ3) is 1.91. The SMILES string of the molecule is Cc1cc2c(C(C)CC(=O)O)cccn2n1. The van der Waals surface area contributed by atoms with E-state index in [0.29, 0.717) is 0 Å². The Bertz CT molecular complexity index is 531. The topological polar surface area (TPSA) is 54.6 Å². The second kappa shape index (κ2) is 3.96. The molecule has 1 N–H and O–H groups in total. The van der Waals surface area contributed by atoms with Crippen LogP contribution in [0.1, 0.15) is 30.5 Å². The standard InChI is InChI=1S/C12H14N2O2/c1-8(6-12(15)16)10-4-3-5-14-11(10)7-9(2)13-14/h3-5,7-8H,6H2,1-2H3,(H,15,16). The summed E-state index contributed by atoms with van der Waals surface area (Å²) in [5.41, 5.74) is 2.97. The predicted molar refractivity (Wildman–Crippen MR) is 60.6 cm³/mol. The summed E-state index contributed by atoms with van der Waals surface area (Å²) in [6.45, 7) is 3.85. The summed E-state index contributed by atoms with van der Waals surface area (Å²) in [4.78, 5) is 10.7. The summed E-state index contributed by atoms with van der Waals surface area (Å²) in [5.74, 6) is -0.775. The first-order valence-corrected chi connectivity index (χ1v) is 5.24. The number of rotatable bonds is 3. The number of fused-ring (bicyclic) bond motifs is 1. The van der Waals surface area contributed by atoms with Crippen LogP contribution in [0.5, 0.6) is 0 Å². The van der Waals surface area contributed by atoms with Gasteiger partial charge in [-0.15, -0.1) is 0 Å². The van der Waals surface area contributed by atoms with Crippen LogP contribution in [0.15, 0.2) is 24.4 Å². The van der Waals surface area contributed by atoms with Gasteiger partial charge in [0.2, 0.25) is 0 Å². The van der Waals surface area contributed by atoms with Gasteiger partial charge in [-0.1, -0.05) is 13.0 Å². The molecule has 4 nitrogen and oxygen atoms in total. The van der Waals surface area contributed by atoms with Crippen molar-refractivity contribution in [3.63, 3.8) is 0 Å². The van der Waals surface area contributed by atoms with Gasteiger partial charge in [0.25, 0.3) is 0 Å². The molecular weight excluding hydrogens is 204 g/mol. The zero-order chi connectivity index (χ0) is 11.7. The maximum absolute atomic E-state index is 10.7. The van der Waals surface area contributed by atoms with Crippen LogP contribution in [0.2, 0.25) is 0 Å². The number of aliphatic carboxylic acids is 1. The molecule has 0 aliphatic carbocycles. The zero-order valence-corrected chi connectivity index (χ0v) is 9.34. The molecule has 0 spiro atoms. The van der Waals surface area contributed by atoms with E-state index in [1.165, 1.54) is 0 Å². The monoisotopic (exact) mass is 218 g/mol. The summed E-state index contributed by atoms with van der Waals surface area (Å²) in [6, 6.07) is 5.84. The number of aromatic nitrogens is 2. The zero-order valence-electron chi connectivity index (χ0n) is 9.34. The minimum absolute atomic E-state index is 0.00250. The van der Waals surface area contributed by atoms with Crippen molar-refractivity contribution in [2.75, 3.05) is 0 Å². The Morgan fingerprint density at radius 1 is 1.62 bits per heavy atom. The first-order valence-electron chi connectivity index (χ1n) is 5.24. The fourth-order valence-corrected chi connectivity index (χ4v) is 1.95. The molecule has 2 aromatic rings. The van der Waals surface area contributed by atoms with Crippen molar-refractivity contribution in [3.8, 4) is 0 Å². The molecule has 0 saturated heterocycles. The van der Waals surface area contributed by atoms with Crippen LogP contribution >= 0.6 is 0 Å². The van der Waals surface area contributed by atoms with Crippen LogP contribution in [-0.2, 0) is 4.79 Å². The number of hydrogen-bond donors (Lipinski definition) is 1. The fourth-order valence-electron chi connectivity index (χ4n) is 1.95. The molecule has 2 rings (SSSR count). The second-order valence-corrected chi connectivity index (χ2v) is 4.08. The highest BCUT2D eigenvalue weighted by molar-refractivity contribution is 5.69. The molecule has 0 fully saturated rings. The van der Waals surface area contributed by atoms with Crippen LogP contribution in [0.4, 0.5) is 0 Å². The van der Waals surface area contributed by atoms with Crippen molar-refractivity contribution in [2.45, 2.75) is 26.2 Å². The Kier molecular flexibility index (Phi) is 2.64. The number of aryl methyl sites for hydroxylation is 1. The van der Waals surface area contributed by atoms with Crippen molar-refractivity contribution in [3.05, 3.63) is 35.7 Å². The molecular formula is C12H14N2O2. The predicted octanol–water partition coefficient (Wildman–Crippen LogP) is 2.22. The Hall–Kier alpha value is -1.84. The Morgan fingerprint density at radius 3 is 3.06 bits per heavy atom. The highest BCUT2D eigenvalue weighted by atomic mass is 16.4. The summed E-state index contributed by atoms with van der Waals surface area (Å²) < 4.78 is 1.79. The van der Waals surface area contributed by atoms with Gasteiger partial charge in [-0.05, 0) is 30.5 Å². The highest BCUT2D eigenvalue weighted by Gasteiger charge is 2.13. The van der Waals surface area contributed by atoms with Crippen LogP contribution < -0.4 is 0 Å². The van der Waals surface area contributed by atoms with Gasteiger partial charge >= 0.3 is 5.97 Å². The minimum Gasteiger partial charge on any atom is -0.481 e. The third-order valence-electron chi connectivity index (χ3n) is 2.67. The lowest BCUT2D eigenvalue weighted by Gasteiger charge is -2.10. The van der Waals surface area contributed by atoms with Gasteiger partial charge in [-0.2, -0.15) is 5.10 Å². The summed E-state index contributed by atoms with van der Waals surface area (Å²) in [5, 5.41) is 13.1. The van der Waals surface area contributed by atoms with Gasteiger partial charge in [0.1, 0.15) is 0 Å². The van der Waals surface area contributed by atoms with Crippen molar-refractivity contribution in [1.82, 2.24) is 9.61 Å². The van der Waals surface area contributed by atoms with E-state index in [1.807, 2.05) is 38.2 Å². The molecule has 84 valence electrons. The number of hydrogen-bond acceptors (Lipinski definition) is 2.